The predicted octanol–water partition coefficient (Wildman–Crippen LogP) is -0.537. The van der Waals surface area contributed by atoms with Crippen molar-refractivity contribution in [2.24, 2.45) is 0 Å². The van der Waals surface area contributed by atoms with Gasteiger partial charge >= 0.3 is 7.69 Å². The fourth-order valence-electron chi connectivity index (χ4n) is 0.793. The van der Waals surface area contributed by atoms with Crippen LogP contribution in [0, 0.1) is 0 Å². The number of rotatable bonds is 0. The standard InChI is InChI=1S/C6H5N3.BH2O2/c1-2-8-6-5(1)3-7-4-9-6;2-1-3/h1-4H,(H,7,8,9);2-3H. The molecule has 5 nitrogen and oxygen atoms in total. The Balaban J connectivity index is 0.000000213. The lowest BCUT2D eigenvalue weighted by atomic mass is 10.4. The summed E-state index contributed by atoms with van der Waals surface area (Å²) in [4.78, 5) is 10.8. The predicted molar refractivity (Wildman–Crippen MR) is 44.1 cm³/mol. The van der Waals surface area contributed by atoms with Crippen molar-refractivity contribution in [3.63, 3.8) is 0 Å². The van der Waals surface area contributed by atoms with Crippen LogP contribution in [0.15, 0.2) is 24.8 Å². The van der Waals surface area contributed by atoms with E-state index in [0.29, 0.717) is 0 Å². The molecule has 12 heavy (non-hydrogen) atoms. The Morgan fingerprint density at radius 3 is 2.83 bits per heavy atom. The van der Waals surface area contributed by atoms with E-state index in [4.69, 9.17) is 10.0 Å². The third-order valence-corrected chi connectivity index (χ3v) is 1.22. The third kappa shape index (κ3) is 2.04. The van der Waals surface area contributed by atoms with Crippen molar-refractivity contribution in [1.29, 1.82) is 0 Å². The van der Waals surface area contributed by atoms with Crippen LogP contribution in [0.3, 0.4) is 0 Å². The monoisotopic (exact) mass is 164 g/mol. The minimum absolute atomic E-state index is 0. The van der Waals surface area contributed by atoms with Gasteiger partial charge < -0.3 is 15.0 Å². The molecule has 2 aromatic rings. The maximum absolute atomic E-state index is 7.00. The van der Waals surface area contributed by atoms with E-state index in [-0.39, 0.29) is 7.69 Å². The molecule has 0 unspecified atom stereocenters. The molecule has 2 heterocycles. The van der Waals surface area contributed by atoms with Gasteiger partial charge in [-0.1, -0.05) is 0 Å². The fraction of sp³-hybridized carbons (Fsp3) is 0. The summed E-state index contributed by atoms with van der Waals surface area (Å²) < 4.78 is 0. The van der Waals surface area contributed by atoms with Gasteiger partial charge in [0.1, 0.15) is 12.0 Å². The van der Waals surface area contributed by atoms with Gasteiger partial charge in [0.25, 0.3) is 0 Å². The summed E-state index contributed by atoms with van der Waals surface area (Å²) in [5.74, 6) is 0. The van der Waals surface area contributed by atoms with Crippen LogP contribution in [-0.2, 0) is 0 Å². The summed E-state index contributed by atoms with van der Waals surface area (Å²) in [6, 6.07) is 1.94. The van der Waals surface area contributed by atoms with Crippen LogP contribution in [0.4, 0.5) is 0 Å². The molecule has 3 N–H and O–H groups in total. The second-order valence-electron chi connectivity index (χ2n) is 1.92. The van der Waals surface area contributed by atoms with E-state index in [1.165, 1.54) is 6.33 Å². The lowest BCUT2D eigenvalue weighted by molar-refractivity contribution is 0.448. The molecule has 0 bridgehead atoms. The summed E-state index contributed by atoms with van der Waals surface area (Å²) >= 11 is 0. The maximum atomic E-state index is 7.00. The van der Waals surface area contributed by atoms with E-state index >= 15 is 0 Å². The van der Waals surface area contributed by atoms with E-state index < -0.39 is 0 Å². The number of H-pyrrole nitrogens is 1. The smallest absolute Gasteiger partial charge is 0.429 e. The van der Waals surface area contributed by atoms with E-state index in [0.717, 1.165) is 11.0 Å². The zero-order chi connectivity index (χ0) is 8.81. The number of hydrogen-bond acceptors (Lipinski definition) is 4. The van der Waals surface area contributed by atoms with Crippen molar-refractivity contribution in [3.05, 3.63) is 24.8 Å². The Kier molecular flexibility index (Phi) is 3.24. The van der Waals surface area contributed by atoms with E-state index in [1.54, 1.807) is 6.20 Å². The van der Waals surface area contributed by atoms with Crippen LogP contribution in [0.25, 0.3) is 11.0 Å². The van der Waals surface area contributed by atoms with Gasteiger partial charge in [0, 0.05) is 17.8 Å². The molecule has 0 amide bonds. The van der Waals surface area contributed by atoms with E-state index in [2.05, 4.69) is 15.0 Å². The number of nitrogens with one attached hydrogen (secondary N) is 1. The third-order valence-electron chi connectivity index (χ3n) is 1.22. The average Bonchev–Trinajstić information content (AvgIpc) is 2.52. The van der Waals surface area contributed by atoms with Gasteiger partial charge in [0.2, 0.25) is 0 Å². The highest BCUT2D eigenvalue weighted by atomic mass is 16.4. The topological polar surface area (TPSA) is 82.0 Å². The molecule has 0 aliphatic carbocycles. The largest absolute Gasteiger partial charge is 0.482 e. The lowest BCUT2D eigenvalue weighted by Gasteiger charge is -1.81. The minimum atomic E-state index is 0. The Morgan fingerprint density at radius 2 is 2.17 bits per heavy atom. The number of nitrogens with zero attached hydrogens (tertiary/aromatic N) is 2. The van der Waals surface area contributed by atoms with Crippen molar-refractivity contribution in [2.75, 3.05) is 0 Å². The summed E-state index contributed by atoms with van der Waals surface area (Å²) in [5.41, 5.74) is 0.894. The first-order valence-corrected chi connectivity index (χ1v) is 3.21. The zero-order valence-electron chi connectivity index (χ0n) is 6.18. The van der Waals surface area contributed by atoms with E-state index in [1.807, 2.05) is 12.3 Å². The van der Waals surface area contributed by atoms with E-state index in [9.17, 15) is 0 Å². The molecule has 0 spiro atoms. The minimum Gasteiger partial charge on any atom is -0.429 e. The Bertz CT molecular complexity index is 308. The highest BCUT2D eigenvalue weighted by Gasteiger charge is 1.89. The molecule has 0 atom stereocenters. The molecule has 1 radical (unpaired) electrons. The van der Waals surface area contributed by atoms with Crippen LogP contribution < -0.4 is 0 Å². The summed E-state index contributed by atoms with van der Waals surface area (Å²) in [6.07, 6.45) is 5.15. The number of aromatic amines is 1. The molecule has 0 aliphatic rings. The first-order valence-electron chi connectivity index (χ1n) is 3.21. The summed E-state index contributed by atoms with van der Waals surface area (Å²) in [5, 5.41) is 15.1. The van der Waals surface area contributed by atoms with Gasteiger partial charge in [0.05, 0.1) is 0 Å². The second-order valence-corrected chi connectivity index (χ2v) is 1.92. The molecule has 61 valence electrons. The zero-order valence-corrected chi connectivity index (χ0v) is 6.18. The molecular weight excluding hydrogens is 157 g/mol. The van der Waals surface area contributed by atoms with Crippen LogP contribution in [0.2, 0.25) is 0 Å². The number of fused-ring (bicyclic) bond motifs is 1. The Morgan fingerprint density at radius 1 is 1.42 bits per heavy atom. The number of hydrogen-bond donors (Lipinski definition) is 3. The average molecular weight is 164 g/mol. The Labute approximate surface area is 69.4 Å². The Hall–Kier alpha value is -1.40. The normalized spacial score (nSPS) is 8.83. The highest BCUT2D eigenvalue weighted by Crippen LogP contribution is 2.03. The van der Waals surface area contributed by atoms with Crippen LogP contribution in [-0.4, -0.2) is 32.7 Å². The second kappa shape index (κ2) is 4.48. The van der Waals surface area contributed by atoms with Gasteiger partial charge in [-0.05, 0) is 6.07 Å². The lowest BCUT2D eigenvalue weighted by Crippen LogP contribution is -1.75. The SMILES string of the molecule is O[B]O.c1ncc2cc[nH]c2n1. The molecule has 2 aromatic heterocycles. The maximum Gasteiger partial charge on any atom is 0.482 e. The van der Waals surface area contributed by atoms with Gasteiger partial charge in [-0.15, -0.1) is 0 Å². The van der Waals surface area contributed by atoms with Crippen molar-refractivity contribution in [3.8, 4) is 0 Å². The van der Waals surface area contributed by atoms with Gasteiger partial charge in [0.15, 0.2) is 0 Å². The van der Waals surface area contributed by atoms with Crippen LogP contribution in [0.1, 0.15) is 0 Å². The molecule has 0 saturated carbocycles. The van der Waals surface area contributed by atoms with Gasteiger partial charge in [-0.3, -0.25) is 0 Å². The molecule has 0 saturated heterocycles. The van der Waals surface area contributed by atoms with Crippen molar-refractivity contribution in [2.45, 2.75) is 0 Å². The molecule has 0 aromatic carbocycles. The molecule has 6 heteroatoms. The first kappa shape index (κ1) is 8.70. The van der Waals surface area contributed by atoms with Crippen molar-refractivity contribution < 1.29 is 10.0 Å². The van der Waals surface area contributed by atoms with Crippen molar-refractivity contribution in [1.82, 2.24) is 15.0 Å². The van der Waals surface area contributed by atoms with Gasteiger partial charge in [-0.2, -0.15) is 0 Å². The fourth-order valence-corrected chi connectivity index (χ4v) is 0.793. The molecular formula is C6H7BN3O2. The molecule has 2 rings (SSSR count). The highest BCUT2D eigenvalue weighted by molar-refractivity contribution is 6.13. The molecule has 0 fully saturated rings. The summed E-state index contributed by atoms with van der Waals surface area (Å²) in [7, 11) is 0. The quantitative estimate of drug-likeness (QED) is 0.456. The van der Waals surface area contributed by atoms with Crippen LogP contribution >= 0.6 is 0 Å². The first-order chi connectivity index (χ1) is 5.88. The summed E-state index contributed by atoms with van der Waals surface area (Å²) in [6.45, 7) is 0. The van der Waals surface area contributed by atoms with Crippen molar-refractivity contribution >= 4 is 18.7 Å². The number of aromatic nitrogens is 3. The molecule has 0 aliphatic heterocycles. The van der Waals surface area contributed by atoms with Crippen LogP contribution in [0.5, 0.6) is 0 Å². The van der Waals surface area contributed by atoms with Gasteiger partial charge in [-0.25, -0.2) is 9.97 Å².